The first-order chi connectivity index (χ1) is 11.7. The first-order valence-electron chi connectivity index (χ1n) is 7.54. The first kappa shape index (κ1) is 13.1. The maximum Gasteiger partial charge on any atom is 0.212 e. The Morgan fingerprint density at radius 2 is 2.04 bits per heavy atom. The Hall–Kier alpha value is -3.35. The molecule has 2 aromatic heterocycles. The molecule has 2 aromatic carbocycles. The molecule has 3 heterocycles. The molecule has 1 aliphatic heterocycles. The van der Waals surface area contributed by atoms with Crippen LogP contribution in [0, 0.1) is 5.82 Å². The minimum atomic E-state index is -0.413. The summed E-state index contributed by atoms with van der Waals surface area (Å²) in [6.45, 7) is 0. The molecule has 1 atom stereocenters. The molecule has 118 valence electrons. The number of halogens is 1. The van der Waals surface area contributed by atoms with Gasteiger partial charge in [0.05, 0.1) is 11.0 Å². The molecular formula is C17H13FN6. The standard InChI is InChI=1S/C17H13FN6/c18-9-5-6-12-10(7-9)11(8-20-12)15-22-16(19)23-17-21-13-3-1-2-4-14(13)24(15)17/h1-8,15,20H,(H3,19,21,22,23)/t15-/m0/s1. The number of imidazole rings is 1. The monoisotopic (exact) mass is 320 g/mol. The number of aromatic amines is 1. The topological polar surface area (TPSA) is 84.0 Å². The van der Waals surface area contributed by atoms with Gasteiger partial charge in [-0.1, -0.05) is 12.1 Å². The SMILES string of the molecule is NC1=N[C@H](c2c[nH]c3ccc(F)cc23)n2c(nc3ccccc32)N1. The van der Waals surface area contributed by atoms with Crippen LogP contribution in [0.5, 0.6) is 0 Å². The number of nitrogens with two attached hydrogens (primary N) is 1. The van der Waals surface area contributed by atoms with E-state index in [0.717, 1.165) is 27.5 Å². The van der Waals surface area contributed by atoms with Crippen molar-refractivity contribution in [1.82, 2.24) is 14.5 Å². The predicted molar refractivity (Wildman–Crippen MR) is 91.4 cm³/mol. The van der Waals surface area contributed by atoms with Gasteiger partial charge in [-0.2, -0.15) is 0 Å². The smallest absolute Gasteiger partial charge is 0.212 e. The number of nitrogens with one attached hydrogen (secondary N) is 2. The van der Waals surface area contributed by atoms with Gasteiger partial charge in [0.15, 0.2) is 12.1 Å². The van der Waals surface area contributed by atoms with Gasteiger partial charge < -0.3 is 10.7 Å². The molecule has 4 N–H and O–H groups in total. The molecular weight excluding hydrogens is 307 g/mol. The van der Waals surface area contributed by atoms with E-state index in [1.165, 1.54) is 12.1 Å². The summed E-state index contributed by atoms with van der Waals surface area (Å²) in [5.41, 5.74) is 9.43. The molecule has 1 aliphatic rings. The number of anilines is 1. The number of hydrogen-bond donors (Lipinski definition) is 3. The Morgan fingerprint density at radius 1 is 1.17 bits per heavy atom. The van der Waals surface area contributed by atoms with Crippen LogP contribution < -0.4 is 11.1 Å². The molecule has 0 bridgehead atoms. The zero-order valence-corrected chi connectivity index (χ0v) is 12.5. The quantitative estimate of drug-likeness (QED) is 0.504. The fourth-order valence-electron chi connectivity index (χ4n) is 3.25. The number of hydrogen-bond acceptors (Lipinski definition) is 4. The predicted octanol–water partition coefficient (Wildman–Crippen LogP) is 2.94. The number of para-hydroxylation sites is 2. The van der Waals surface area contributed by atoms with Crippen LogP contribution in [-0.2, 0) is 0 Å². The minimum Gasteiger partial charge on any atom is -0.370 e. The molecule has 5 rings (SSSR count). The molecule has 7 heteroatoms. The second-order valence-corrected chi connectivity index (χ2v) is 5.74. The van der Waals surface area contributed by atoms with Crippen LogP contribution in [-0.4, -0.2) is 20.5 Å². The third-order valence-corrected chi connectivity index (χ3v) is 4.30. The number of aliphatic imine (C=N–C) groups is 1. The Labute approximate surface area is 135 Å². The minimum absolute atomic E-state index is 0.286. The van der Waals surface area contributed by atoms with Gasteiger partial charge in [0.1, 0.15) is 5.82 Å². The van der Waals surface area contributed by atoms with Crippen molar-refractivity contribution in [3.05, 3.63) is 60.0 Å². The lowest BCUT2D eigenvalue weighted by molar-refractivity contribution is 0.624. The highest BCUT2D eigenvalue weighted by Crippen LogP contribution is 2.35. The Bertz CT molecular complexity index is 1120. The molecule has 4 aromatic rings. The molecule has 0 aliphatic carbocycles. The molecule has 0 radical (unpaired) electrons. The third kappa shape index (κ3) is 1.75. The van der Waals surface area contributed by atoms with Gasteiger partial charge in [-0.05, 0) is 30.3 Å². The van der Waals surface area contributed by atoms with E-state index in [-0.39, 0.29) is 11.8 Å². The summed E-state index contributed by atoms with van der Waals surface area (Å²) >= 11 is 0. The Morgan fingerprint density at radius 3 is 2.96 bits per heavy atom. The largest absolute Gasteiger partial charge is 0.370 e. The van der Waals surface area contributed by atoms with Crippen LogP contribution >= 0.6 is 0 Å². The molecule has 0 unspecified atom stereocenters. The van der Waals surface area contributed by atoms with E-state index >= 15 is 0 Å². The van der Waals surface area contributed by atoms with E-state index in [9.17, 15) is 4.39 Å². The van der Waals surface area contributed by atoms with Crippen molar-refractivity contribution in [2.75, 3.05) is 5.32 Å². The Balaban J connectivity index is 1.81. The summed E-state index contributed by atoms with van der Waals surface area (Å²) in [6.07, 6.45) is 1.43. The summed E-state index contributed by atoms with van der Waals surface area (Å²) in [5.74, 6) is 0.623. The fraction of sp³-hybridized carbons (Fsp3) is 0.0588. The summed E-state index contributed by atoms with van der Waals surface area (Å²) in [6, 6.07) is 12.5. The lowest BCUT2D eigenvalue weighted by Crippen LogP contribution is -2.31. The molecule has 6 nitrogen and oxygen atoms in total. The molecule has 0 amide bonds. The second-order valence-electron chi connectivity index (χ2n) is 5.74. The van der Waals surface area contributed by atoms with E-state index in [2.05, 4.69) is 20.3 Å². The van der Waals surface area contributed by atoms with Crippen molar-refractivity contribution < 1.29 is 4.39 Å². The first-order valence-corrected chi connectivity index (χ1v) is 7.54. The van der Waals surface area contributed by atoms with Gasteiger partial charge in [-0.3, -0.25) is 9.88 Å². The highest BCUT2D eigenvalue weighted by atomic mass is 19.1. The lowest BCUT2D eigenvalue weighted by atomic mass is 10.1. The summed E-state index contributed by atoms with van der Waals surface area (Å²) in [5, 5.41) is 3.78. The third-order valence-electron chi connectivity index (χ3n) is 4.30. The molecule has 24 heavy (non-hydrogen) atoms. The number of H-pyrrole nitrogens is 1. The molecule has 0 saturated heterocycles. The van der Waals surface area contributed by atoms with Crippen molar-refractivity contribution in [3.8, 4) is 0 Å². The van der Waals surface area contributed by atoms with Gasteiger partial charge in [-0.15, -0.1) is 0 Å². The van der Waals surface area contributed by atoms with Gasteiger partial charge >= 0.3 is 0 Å². The summed E-state index contributed by atoms with van der Waals surface area (Å²) in [7, 11) is 0. The zero-order chi connectivity index (χ0) is 16.3. The van der Waals surface area contributed by atoms with Crippen LogP contribution in [0.2, 0.25) is 0 Å². The molecule has 0 fully saturated rings. The normalized spacial score (nSPS) is 16.9. The van der Waals surface area contributed by atoms with E-state index in [0.29, 0.717) is 5.95 Å². The average Bonchev–Trinajstić information content (AvgIpc) is 3.14. The van der Waals surface area contributed by atoms with Crippen LogP contribution in [0.3, 0.4) is 0 Å². The highest BCUT2D eigenvalue weighted by Gasteiger charge is 2.26. The maximum atomic E-state index is 13.7. The lowest BCUT2D eigenvalue weighted by Gasteiger charge is -2.23. The van der Waals surface area contributed by atoms with Gasteiger partial charge in [0.25, 0.3) is 0 Å². The average molecular weight is 320 g/mol. The van der Waals surface area contributed by atoms with Gasteiger partial charge in [0.2, 0.25) is 5.95 Å². The number of guanidine groups is 1. The number of rotatable bonds is 1. The maximum absolute atomic E-state index is 13.7. The number of fused-ring (bicyclic) bond motifs is 4. The van der Waals surface area contributed by atoms with Crippen LogP contribution in [0.15, 0.2) is 53.7 Å². The number of benzene rings is 2. The number of aromatic nitrogens is 3. The molecule has 0 saturated carbocycles. The Kier molecular flexibility index (Phi) is 2.50. The second kappa shape index (κ2) is 4.58. The van der Waals surface area contributed by atoms with Crippen LogP contribution in [0.4, 0.5) is 10.3 Å². The van der Waals surface area contributed by atoms with Gasteiger partial charge in [-0.25, -0.2) is 14.4 Å². The van der Waals surface area contributed by atoms with Crippen molar-refractivity contribution in [1.29, 1.82) is 0 Å². The van der Waals surface area contributed by atoms with Crippen LogP contribution in [0.1, 0.15) is 11.7 Å². The van der Waals surface area contributed by atoms with Gasteiger partial charge in [0, 0.05) is 22.7 Å². The molecule has 0 spiro atoms. The zero-order valence-electron chi connectivity index (χ0n) is 12.5. The van der Waals surface area contributed by atoms with Crippen molar-refractivity contribution >= 4 is 33.8 Å². The van der Waals surface area contributed by atoms with E-state index in [1.54, 1.807) is 6.07 Å². The van der Waals surface area contributed by atoms with Crippen molar-refractivity contribution in [2.45, 2.75) is 6.17 Å². The highest BCUT2D eigenvalue weighted by molar-refractivity contribution is 5.95. The van der Waals surface area contributed by atoms with E-state index in [4.69, 9.17) is 5.73 Å². The van der Waals surface area contributed by atoms with Crippen molar-refractivity contribution in [3.63, 3.8) is 0 Å². The number of nitrogens with zero attached hydrogens (tertiary/aromatic N) is 3. The van der Waals surface area contributed by atoms with E-state index < -0.39 is 6.17 Å². The summed E-state index contributed by atoms with van der Waals surface area (Å²) < 4.78 is 15.7. The van der Waals surface area contributed by atoms with E-state index in [1.807, 2.05) is 35.0 Å². The van der Waals surface area contributed by atoms with Crippen molar-refractivity contribution in [2.24, 2.45) is 10.7 Å². The fourth-order valence-corrected chi connectivity index (χ4v) is 3.25. The van der Waals surface area contributed by atoms with Crippen LogP contribution in [0.25, 0.3) is 21.9 Å². The summed E-state index contributed by atoms with van der Waals surface area (Å²) in [4.78, 5) is 12.3.